The Labute approximate surface area is 90.7 Å². The molecule has 0 saturated heterocycles. The van der Waals surface area contributed by atoms with Crippen LogP contribution in [-0.4, -0.2) is 21.5 Å². The summed E-state index contributed by atoms with van der Waals surface area (Å²) in [5, 5.41) is 2.83. The third kappa shape index (κ3) is 2.81. The largest absolute Gasteiger partial charge is 0.347 e. The molecule has 0 bridgehead atoms. The summed E-state index contributed by atoms with van der Waals surface area (Å²) < 4.78 is 1.77. The second-order valence-electron chi connectivity index (χ2n) is 4.38. The predicted octanol–water partition coefficient (Wildman–Crippen LogP) is 1.68. The molecule has 1 N–H and O–H groups in total. The molecule has 4 heteroatoms. The number of hydrogen-bond donors (Lipinski definition) is 1. The fourth-order valence-corrected chi connectivity index (χ4v) is 1.31. The number of nitrogens with one attached hydrogen (secondary N) is 1. The molecule has 1 heterocycles. The van der Waals surface area contributed by atoms with Crippen molar-refractivity contribution in [3.8, 4) is 0 Å². The van der Waals surface area contributed by atoms with Crippen LogP contribution in [0.4, 0.5) is 0 Å². The predicted molar refractivity (Wildman–Crippen MR) is 59.9 cm³/mol. The van der Waals surface area contributed by atoms with E-state index < -0.39 is 0 Å². The topological polar surface area (TPSA) is 46.9 Å². The second-order valence-corrected chi connectivity index (χ2v) is 4.38. The van der Waals surface area contributed by atoms with E-state index in [-0.39, 0.29) is 11.9 Å². The molecule has 0 radical (unpaired) electrons. The number of rotatable bonds is 3. The maximum Gasteiger partial charge on any atom is 0.287 e. The fourth-order valence-electron chi connectivity index (χ4n) is 1.31. The SMILES string of the molecule is CC(C)NC(=O)c1nc(C(C)C)cn1C. The van der Waals surface area contributed by atoms with Gasteiger partial charge in [0.05, 0.1) is 5.69 Å². The van der Waals surface area contributed by atoms with Crippen molar-refractivity contribution in [3.05, 3.63) is 17.7 Å². The Morgan fingerprint density at radius 1 is 1.40 bits per heavy atom. The first kappa shape index (κ1) is 11.8. The van der Waals surface area contributed by atoms with Crippen molar-refractivity contribution in [3.63, 3.8) is 0 Å². The molecule has 0 atom stereocenters. The zero-order valence-electron chi connectivity index (χ0n) is 10.0. The maximum absolute atomic E-state index is 11.7. The third-order valence-corrected chi connectivity index (χ3v) is 2.11. The van der Waals surface area contributed by atoms with Crippen LogP contribution in [-0.2, 0) is 7.05 Å². The minimum absolute atomic E-state index is 0.112. The highest BCUT2D eigenvalue weighted by Gasteiger charge is 2.15. The first-order valence-electron chi connectivity index (χ1n) is 5.26. The van der Waals surface area contributed by atoms with Crippen LogP contribution in [0.5, 0.6) is 0 Å². The van der Waals surface area contributed by atoms with Crippen molar-refractivity contribution in [2.24, 2.45) is 7.05 Å². The maximum atomic E-state index is 11.7. The molecule has 1 amide bonds. The molecule has 4 nitrogen and oxygen atoms in total. The van der Waals surface area contributed by atoms with E-state index in [1.54, 1.807) is 4.57 Å². The van der Waals surface area contributed by atoms with Gasteiger partial charge in [-0.3, -0.25) is 4.79 Å². The standard InChI is InChI=1S/C11H19N3O/c1-7(2)9-6-14(5)10(13-9)11(15)12-8(3)4/h6-8H,1-5H3,(H,12,15). The Hall–Kier alpha value is -1.32. The molecule has 15 heavy (non-hydrogen) atoms. The lowest BCUT2D eigenvalue weighted by Gasteiger charge is -2.07. The summed E-state index contributed by atoms with van der Waals surface area (Å²) in [6, 6.07) is 0.136. The minimum atomic E-state index is -0.112. The molecule has 84 valence electrons. The summed E-state index contributed by atoms with van der Waals surface area (Å²) in [6.07, 6.45) is 1.90. The molecule has 0 aliphatic heterocycles. The number of amides is 1. The van der Waals surface area contributed by atoms with Crippen LogP contribution in [0, 0.1) is 0 Å². The number of carbonyl (C=O) groups is 1. The average molecular weight is 209 g/mol. The molecule has 0 aliphatic rings. The lowest BCUT2D eigenvalue weighted by Crippen LogP contribution is -2.32. The van der Waals surface area contributed by atoms with Crippen molar-refractivity contribution in [1.29, 1.82) is 0 Å². The smallest absolute Gasteiger partial charge is 0.287 e. The summed E-state index contributed by atoms with van der Waals surface area (Å²) in [7, 11) is 1.84. The summed E-state index contributed by atoms with van der Waals surface area (Å²) in [6.45, 7) is 7.99. The molecular weight excluding hydrogens is 190 g/mol. The molecule has 0 fully saturated rings. The van der Waals surface area contributed by atoms with Crippen LogP contribution >= 0.6 is 0 Å². The van der Waals surface area contributed by atoms with Crippen LogP contribution in [0.15, 0.2) is 6.20 Å². The third-order valence-electron chi connectivity index (χ3n) is 2.11. The van der Waals surface area contributed by atoms with Gasteiger partial charge in [0.15, 0.2) is 5.82 Å². The fraction of sp³-hybridized carbons (Fsp3) is 0.636. The van der Waals surface area contributed by atoms with E-state index in [1.807, 2.05) is 27.1 Å². The number of hydrogen-bond acceptors (Lipinski definition) is 2. The van der Waals surface area contributed by atoms with Crippen molar-refractivity contribution in [1.82, 2.24) is 14.9 Å². The molecular formula is C11H19N3O. The van der Waals surface area contributed by atoms with E-state index in [0.29, 0.717) is 11.7 Å². The second kappa shape index (κ2) is 4.47. The Morgan fingerprint density at radius 3 is 2.40 bits per heavy atom. The lowest BCUT2D eigenvalue weighted by atomic mass is 10.2. The highest BCUT2D eigenvalue weighted by atomic mass is 16.2. The van der Waals surface area contributed by atoms with Gasteiger partial charge in [0, 0.05) is 19.3 Å². The Bertz CT molecular complexity index is 353. The van der Waals surface area contributed by atoms with Crippen LogP contribution in [0.3, 0.4) is 0 Å². The van der Waals surface area contributed by atoms with Crippen LogP contribution in [0.1, 0.15) is 49.9 Å². The molecule has 0 unspecified atom stereocenters. The number of carbonyl (C=O) groups excluding carboxylic acids is 1. The van der Waals surface area contributed by atoms with E-state index >= 15 is 0 Å². The minimum Gasteiger partial charge on any atom is -0.347 e. The Morgan fingerprint density at radius 2 is 2.00 bits per heavy atom. The van der Waals surface area contributed by atoms with E-state index in [4.69, 9.17) is 0 Å². The highest BCUT2D eigenvalue weighted by molar-refractivity contribution is 5.91. The summed E-state index contributed by atoms with van der Waals surface area (Å²) in [5.74, 6) is 0.712. The zero-order valence-corrected chi connectivity index (χ0v) is 10.0. The summed E-state index contributed by atoms with van der Waals surface area (Å²) >= 11 is 0. The van der Waals surface area contributed by atoms with Gasteiger partial charge in [-0.05, 0) is 19.8 Å². The zero-order chi connectivity index (χ0) is 11.6. The van der Waals surface area contributed by atoms with Gasteiger partial charge in [0.2, 0.25) is 0 Å². The monoisotopic (exact) mass is 209 g/mol. The highest BCUT2D eigenvalue weighted by Crippen LogP contribution is 2.12. The quantitative estimate of drug-likeness (QED) is 0.823. The molecule has 1 rings (SSSR count). The van der Waals surface area contributed by atoms with Gasteiger partial charge in [0.25, 0.3) is 5.91 Å². The van der Waals surface area contributed by atoms with Crippen molar-refractivity contribution in [2.75, 3.05) is 0 Å². The van der Waals surface area contributed by atoms with Gasteiger partial charge in [0.1, 0.15) is 0 Å². The number of aryl methyl sites for hydroxylation is 1. The number of aromatic nitrogens is 2. The van der Waals surface area contributed by atoms with Crippen molar-refractivity contribution >= 4 is 5.91 Å². The molecule has 1 aromatic heterocycles. The van der Waals surface area contributed by atoms with Crippen LogP contribution in [0.25, 0.3) is 0 Å². The molecule has 0 saturated carbocycles. The molecule has 0 aromatic carbocycles. The Kier molecular flexibility index (Phi) is 3.50. The van der Waals surface area contributed by atoms with Gasteiger partial charge in [-0.25, -0.2) is 4.98 Å². The van der Waals surface area contributed by atoms with Crippen LogP contribution < -0.4 is 5.32 Å². The molecule has 0 aliphatic carbocycles. The van der Waals surface area contributed by atoms with Gasteiger partial charge in [-0.15, -0.1) is 0 Å². The van der Waals surface area contributed by atoms with E-state index in [9.17, 15) is 4.79 Å². The van der Waals surface area contributed by atoms with E-state index in [0.717, 1.165) is 5.69 Å². The van der Waals surface area contributed by atoms with Gasteiger partial charge in [-0.2, -0.15) is 0 Å². The normalized spacial score (nSPS) is 11.1. The van der Waals surface area contributed by atoms with Gasteiger partial charge in [-0.1, -0.05) is 13.8 Å². The Balaban J connectivity index is 2.89. The first-order chi connectivity index (χ1) is 6.91. The van der Waals surface area contributed by atoms with Crippen molar-refractivity contribution < 1.29 is 4.79 Å². The average Bonchev–Trinajstić information content (AvgIpc) is 2.46. The molecule has 0 spiro atoms. The summed E-state index contributed by atoms with van der Waals surface area (Å²) in [4.78, 5) is 16.0. The van der Waals surface area contributed by atoms with E-state index in [1.165, 1.54) is 0 Å². The molecule has 1 aromatic rings. The first-order valence-corrected chi connectivity index (χ1v) is 5.26. The summed E-state index contributed by atoms with van der Waals surface area (Å²) in [5.41, 5.74) is 0.950. The van der Waals surface area contributed by atoms with Gasteiger partial charge >= 0.3 is 0 Å². The van der Waals surface area contributed by atoms with E-state index in [2.05, 4.69) is 24.1 Å². The van der Waals surface area contributed by atoms with Crippen molar-refractivity contribution in [2.45, 2.75) is 39.7 Å². The van der Waals surface area contributed by atoms with Crippen LogP contribution in [0.2, 0.25) is 0 Å². The number of imidazole rings is 1. The number of nitrogens with zero attached hydrogens (tertiary/aromatic N) is 2. The van der Waals surface area contributed by atoms with Gasteiger partial charge < -0.3 is 9.88 Å². The lowest BCUT2D eigenvalue weighted by molar-refractivity contribution is 0.0929.